The van der Waals surface area contributed by atoms with Gasteiger partial charge in [0, 0.05) is 6.92 Å². The summed E-state index contributed by atoms with van der Waals surface area (Å²) in [5, 5.41) is 10.2. The zero-order chi connectivity index (χ0) is 25.6. The van der Waals surface area contributed by atoms with Crippen molar-refractivity contribution in [3.05, 3.63) is 0 Å². The Morgan fingerprint density at radius 3 is 1.88 bits per heavy atom. The summed E-state index contributed by atoms with van der Waals surface area (Å²) in [5.41, 5.74) is -9.57. The van der Waals surface area contributed by atoms with Gasteiger partial charge >= 0.3 is 47.4 Å². The summed E-state index contributed by atoms with van der Waals surface area (Å²) in [6.45, 7) is 4.94. The van der Waals surface area contributed by atoms with Crippen LogP contribution in [0.25, 0.3) is 0 Å². The molecule has 3 saturated heterocycles. The fourth-order valence-electron chi connectivity index (χ4n) is 4.73. The maximum absolute atomic E-state index is 13.5. The van der Waals surface area contributed by atoms with Crippen LogP contribution in [0.5, 0.6) is 0 Å². The first-order valence-corrected chi connectivity index (χ1v) is 10.4. The third kappa shape index (κ3) is 2.83. The Morgan fingerprint density at radius 2 is 1.44 bits per heavy atom. The third-order valence-electron chi connectivity index (χ3n) is 6.22. The van der Waals surface area contributed by atoms with Gasteiger partial charge in [-0.1, -0.05) is 20.8 Å². The largest absolute Gasteiger partial charge is 0.478 e. The van der Waals surface area contributed by atoms with Crippen molar-refractivity contribution in [2.45, 2.75) is 69.9 Å². The number of hydrogen-bond acceptors (Lipinski definition) is 13. The van der Waals surface area contributed by atoms with E-state index in [4.69, 9.17) is 18.9 Å². The van der Waals surface area contributed by atoms with Crippen molar-refractivity contribution in [3.63, 3.8) is 0 Å². The molecule has 3 aliphatic rings. The van der Waals surface area contributed by atoms with E-state index in [1.807, 2.05) is 0 Å². The van der Waals surface area contributed by atoms with Crippen molar-refractivity contribution in [1.82, 2.24) is 0 Å². The summed E-state index contributed by atoms with van der Waals surface area (Å²) < 4.78 is 20.5. The zero-order valence-electron chi connectivity index (χ0n) is 18.6. The predicted octanol–water partition coefficient (Wildman–Crippen LogP) is -0.647. The van der Waals surface area contributed by atoms with Gasteiger partial charge in [0.1, 0.15) is 11.8 Å². The maximum Gasteiger partial charge on any atom is 0.408 e. The van der Waals surface area contributed by atoms with Gasteiger partial charge in [-0.2, -0.15) is 0 Å². The van der Waals surface area contributed by atoms with E-state index >= 15 is 0 Å². The molecule has 0 bridgehead atoms. The standard InChI is InChI=1S/C20H22O14/c1-5-9-12(22)31-18(9,15(25)26)20(30-8(4)21)17(28)34-33-14(24)11(7-3)29-16(27)19(20)10(6-2)13(23)32-19/h9-11H,5-7H2,1-4H3,(H,25,26). The molecule has 6 atom stereocenters. The molecule has 0 aromatic rings. The van der Waals surface area contributed by atoms with Crippen LogP contribution in [0.2, 0.25) is 0 Å². The van der Waals surface area contributed by atoms with Crippen LogP contribution >= 0.6 is 0 Å². The van der Waals surface area contributed by atoms with Crippen LogP contribution in [0.1, 0.15) is 47.0 Å². The Hall–Kier alpha value is -3.71. The molecule has 6 unspecified atom stereocenters. The van der Waals surface area contributed by atoms with Crippen molar-refractivity contribution in [3.8, 4) is 0 Å². The van der Waals surface area contributed by atoms with Gasteiger partial charge in [0.05, 0.1) is 0 Å². The van der Waals surface area contributed by atoms with Crippen molar-refractivity contribution in [1.29, 1.82) is 0 Å². The van der Waals surface area contributed by atoms with Crippen LogP contribution in [0, 0.1) is 11.8 Å². The van der Waals surface area contributed by atoms with E-state index in [0.717, 1.165) is 6.92 Å². The molecular formula is C20H22O14. The quantitative estimate of drug-likeness (QED) is 0.282. The number of carboxylic acids is 1. The molecule has 0 aromatic carbocycles. The molecule has 1 N–H and O–H groups in total. The highest BCUT2D eigenvalue weighted by Gasteiger charge is 2.93. The average Bonchev–Trinajstić information content (AvgIpc) is 2.77. The fraction of sp³-hybridized carbons (Fsp3) is 0.650. The van der Waals surface area contributed by atoms with Gasteiger partial charge in [0.25, 0.3) is 11.2 Å². The summed E-state index contributed by atoms with van der Waals surface area (Å²) in [7, 11) is 0. The first-order valence-electron chi connectivity index (χ1n) is 10.4. The van der Waals surface area contributed by atoms with Crippen molar-refractivity contribution >= 4 is 41.8 Å². The molecule has 3 aliphatic heterocycles. The average molecular weight is 486 g/mol. The monoisotopic (exact) mass is 486 g/mol. The highest BCUT2D eigenvalue weighted by Crippen LogP contribution is 2.59. The topological polar surface area (TPSA) is 195 Å². The first kappa shape index (κ1) is 24.9. The Balaban J connectivity index is 2.45. The number of rotatable bonds is 6. The second kappa shape index (κ2) is 8.25. The normalized spacial score (nSPS) is 37.3. The Kier molecular flexibility index (Phi) is 6.05. The molecule has 0 radical (unpaired) electrons. The lowest BCUT2D eigenvalue weighted by Crippen LogP contribution is -2.90. The number of esters is 4. The molecule has 0 aromatic heterocycles. The molecule has 1 spiro atoms. The van der Waals surface area contributed by atoms with E-state index in [1.54, 1.807) is 0 Å². The molecule has 14 heteroatoms. The second-order valence-electron chi connectivity index (χ2n) is 7.89. The number of ether oxygens (including phenoxy) is 4. The van der Waals surface area contributed by atoms with Gasteiger partial charge < -0.3 is 24.1 Å². The number of aliphatic carboxylic acids is 1. The van der Waals surface area contributed by atoms with E-state index < -0.39 is 76.5 Å². The van der Waals surface area contributed by atoms with Crippen LogP contribution in [0.3, 0.4) is 0 Å². The van der Waals surface area contributed by atoms with Gasteiger partial charge in [-0.15, -0.1) is 0 Å². The number of carbonyl (C=O) groups is 7. The Bertz CT molecular complexity index is 986. The highest BCUT2D eigenvalue weighted by atomic mass is 17.2. The van der Waals surface area contributed by atoms with Gasteiger partial charge in [-0.3, -0.25) is 14.4 Å². The van der Waals surface area contributed by atoms with Gasteiger partial charge in [-0.25, -0.2) is 29.0 Å². The molecule has 186 valence electrons. The molecule has 3 rings (SSSR count). The zero-order valence-corrected chi connectivity index (χ0v) is 18.6. The molecular weight excluding hydrogens is 464 g/mol. The lowest BCUT2D eigenvalue weighted by atomic mass is 9.56. The summed E-state index contributed by atoms with van der Waals surface area (Å²) in [4.78, 5) is 97.9. The summed E-state index contributed by atoms with van der Waals surface area (Å²) in [6, 6.07) is 0. The van der Waals surface area contributed by atoms with Crippen molar-refractivity contribution in [2.75, 3.05) is 0 Å². The molecule has 14 nitrogen and oxygen atoms in total. The number of hydrogen-bond donors (Lipinski definition) is 1. The van der Waals surface area contributed by atoms with Crippen LogP contribution in [0.15, 0.2) is 0 Å². The molecule has 3 heterocycles. The van der Waals surface area contributed by atoms with Crippen LogP contribution < -0.4 is 0 Å². The van der Waals surface area contributed by atoms with E-state index in [1.165, 1.54) is 20.8 Å². The van der Waals surface area contributed by atoms with Crippen molar-refractivity contribution in [2.24, 2.45) is 11.8 Å². The van der Waals surface area contributed by atoms with Crippen LogP contribution in [-0.2, 0) is 62.3 Å². The molecule has 0 aliphatic carbocycles. The minimum Gasteiger partial charge on any atom is -0.478 e. The lowest BCUT2D eigenvalue weighted by Gasteiger charge is -2.60. The van der Waals surface area contributed by atoms with Crippen molar-refractivity contribution < 1.29 is 67.4 Å². The molecule has 0 saturated carbocycles. The first-order chi connectivity index (χ1) is 15.9. The van der Waals surface area contributed by atoms with E-state index in [2.05, 4.69) is 9.78 Å². The second-order valence-corrected chi connectivity index (χ2v) is 7.89. The smallest absolute Gasteiger partial charge is 0.408 e. The number of carboxylic acid groups (broad SMARTS) is 1. The minimum atomic E-state index is -3.47. The minimum absolute atomic E-state index is 0.180. The maximum atomic E-state index is 13.5. The predicted molar refractivity (Wildman–Crippen MR) is 99.7 cm³/mol. The van der Waals surface area contributed by atoms with Gasteiger partial charge in [0.15, 0.2) is 0 Å². The fourth-order valence-corrected chi connectivity index (χ4v) is 4.73. The van der Waals surface area contributed by atoms with Crippen LogP contribution in [-0.4, -0.2) is 69.8 Å². The molecule has 3 fully saturated rings. The number of cyclic esters (lactones) is 2. The Labute approximate surface area is 191 Å². The van der Waals surface area contributed by atoms with E-state index in [9.17, 15) is 38.7 Å². The lowest BCUT2D eigenvalue weighted by molar-refractivity contribution is -0.338. The van der Waals surface area contributed by atoms with E-state index in [-0.39, 0.29) is 19.3 Å². The van der Waals surface area contributed by atoms with Gasteiger partial charge in [0.2, 0.25) is 6.10 Å². The van der Waals surface area contributed by atoms with Crippen LogP contribution in [0.4, 0.5) is 0 Å². The third-order valence-corrected chi connectivity index (χ3v) is 6.22. The van der Waals surface area contributed by atoms with E-state index in [0.29, 0.717) is 0 Å². The molecule has 34 heavy (non-hydrogen) atoms. The highest BCUT2D eigenvalue weighted by molar-refractivity contribution is 6.11. The summed E-state index contributed by atoms with van der Waals surface area (Å²) in [5.74, 6) is -13.7. The molecule has 0 amide bonds. The number of carbonyl (C=O) groups excluding carboxylic acids is 6. The summed E-state index contributed by atoms with van der Waals surface area (Å²) >= 11 is 0. The summed E-state index contributed by atoms with van der Waals surface area (Å²) in [6.07, 6.45) is -2.35. The van der Waals surface area contributed by atoms with Gasteiger partial charge in [-0.05, 0) is 19.3 Å². The SMILES string of the molecule is CCC1OC(=O)C2(OC(=O)C2CC)C(OC(C)=O)(C2(C(=O)O)OC(=O)C2CC)C(=O)OOC1=O. The Morgan fingerprint density at radius 1 is 0.853 bits per heavy atom.